The first kappa shape index (κ1) is 11.5. The molecule has 0 saturated carbocycles. The van der Waals surface area contributed by atoms with E-state index in [1.54, 1.807) is 6.92 Å². The second-order valence-electron chi connectivity index (χ2n) is 3.70. The molecule has 1 aliphatic heterocycles. The van der Waals surface area contributed by atoms with Gasteiger partial charge in [0.15, 0.2) is 9.84 Å². The number of hydrogen-bond donors (Lipinski definition) is 1. The van der Waals surface area contributed by atoms with Crippen LogP contribution in [0.15, 0.2) is 0 Å². The van der Waals surface area contributed by atoms with Gasteiger partial charge in [-0.1, -0.05) is 0 Å². The maximum absolute atomic E-state index is 11.1. The molecule has 0 aromatic rings. The first-order valence-electron chi connectivity index (χ1n) is 4.83. The number of aliphatic hydroxyl groups excluding tert-OH is 1. The molecule has 1 saturated heterocycles. The first-order valence-corrected chi connectivity index (χ1v) is 6.65. The smallest absolute Gasteiger partial charge is 0.150 e. The molecule has 1 fully saturated rings. The normalized spacial score (nSPS) is 26.6. The summed E-state index contributed by atoms with van der Waals surface area (Å²) in [6.07, 6.45) is 1.33. The lowest BCUT2D eigenvalue weighted by molar-refractivity contribution is 0.112. The largest absolute Gasteiger partial charge is 0.393 e. The van der Waals surface area contributed by atoms with E-state index in [0.29, 0.717) is 19.3 Å². The zero-order valence-corrected chi connectivity index (χ0v) is 9.18. The fourth-order valence-corrected chi connectivity index (χ4v) is 3.58. The Balaban J connectivity index is 2.38. The summed E-state index contributed by atoms with van der Waals surface area (Å²) in [7, 11) is -2.87. The van der Waals surface area contributed by atoms with E-state index in [0.717, 1.165) is 0 Å². The molecule has 1 N–H and O–H groups in total. The van der Waals surface area contributed by atoms with Crippen LogP contribution >= 0.6 is 0 Å². The Hall–Kier alpha value is -0.530. The SMILES string of the molecule is CC#CCCC(O)C1CCS(=O)(=O)C1. The van der Waals surface area contributed by atoms with Crippen molar-refractivity contribution in [3.8, 4) is 11.8 Å². The van der Waals surface area contributed by atoms with E-state index in [2.05, 4.69) is 11.8 Å². The van der Waals surface area contributed by atoms with Gasteiger partial charge < -0.3 is 5.11 Å². The Labute approximate surface area is 85.4 Å². The fourth-order valence-electron chi connectivity index (χ4n) is 1.71. The molecule has 2 unspecified atom stereocenters. The van der Waals surface area contributed by atoms with Crippen molar-refractivity contribution in [3.63, 3.8) is 0 Å². The molecule has 2 atom stereocenters. The van der Waals surface area contributed by atoms with E-state index in [4.69, 9.17) is 0 Å². The summed E-state index contributed by atoms with van der Waals surface area (Å²) in [5, 5.41) is 9.68. The molecule has 0 spiro atoms. The van der Waals surface area contributed by atoms with Gasteiger partial charge in [-0.25, -0.2) is 8.42 Å². The Kier molecular flexibility index (Phi) is 3.97. The maximum Gasteiger partial charge on any atom is 0.150 e. The van der Waals surface area contributed by atoms with Crippen LogP contribution in [-0.2, 0) is 9.84 Å². The number of aliphatic hydroxyl groups is 1. The minimum absolute atomic E-state index is 0.0707. The van der Waals surface area contributed by atoms with Gasteiger partial charge in [-0.15, -0.1) is 11.8 Å². The molecule has 14 heavy (non-hydrogen) atoms. The zero-order valence-electron chi connectivity index (χ0n) is 8.36. The molecular weight excluding hydrogens is 200 g/mol. The van der Waals surface area contributed by atoms with Gasteiger partial charge in [0, 0.05) is 6.42 Å². The van der Waals surface area contributed by atoms with Crippen molar-refractivity contribution in [3.05, 3.63) is 0 Å². The van der Waals surface area contributed by atoms with E-state index in [1.807, 2.05) is 0 Å². The highest BCUT2D eigenvalue weighted by Gasteiger charge is 2.32. The first-order chi connectivity index (χ1) is 6.55. The van der Waals surface area contributed by atoms with Gasteiger partial charge in [-0.3, -0.25) is 0 Å². The lowest BCUT2D eigenvalue weighted by atomic mass is 9.98. The summed E-state index contributed by atoms with van der Waals surface area (Å²) in [5.41, 5.74) is 0. The quantitative estimate of drug-likeness (QED) is 0.702. The third-order valence-corrected chi connectivity index (χ3v) is 4.35. The zero-order chi connectivity index (χ0) is 10.6. The standard InChI is InChI=1S/C10H16O3S/c1-2-3-4-5-10(11)9-6-7-14(12,13)8-9/h9-11H,4-8H2,1H3. The molecule has 0 aromatic heterocycles. The minimum atomic E-state index is -2.87. The molecule has 80 valence electrons. The molecule has 0 aromatic carbocycles. The molecular formula is C10H16O3S. The molecule has 0 radical (unpaired) electrons. The Morgan fingerprint density at radius 1 is 1.57 bits per heavy atom. The third-order valence-electron chi connectivity index (χ3n) is 2.55. The highest BCUT2D eigenvalue weighted by atomic mass is 32.2. The molecule has 3 nitrogen and oxygen atoms in total. The Morgan fingerprint density at radius 3 is 2.79 bits per heavy atom. The summed E-state index contributed by atoms with van der Waals surface area (Å²) in [6, 6.07) is 0. The van der Waals surface area contributed by atoms with Crippen molar-refractivity contribution >= 4 is 9.84 Å². The Morgan fingerprint density at radius 2 is 2.29 bits per heavy atom. The van der Waals surface area contributed by atoms with E-state index < -0.39 is 15.9 Å². The van der Waals surface area contributed by atoms with Crippen LogP contribution in [0.1, 0.15) is 26.2 Å². The molecule has 0 aliphatic carbocycles. The van der Waals surface area contributed by atoms with Crippen molar-refractivity contribution in [2.45, 2.75) is 32.3 Å². The van der Waals surface area contributed by atoms with Gasteiger partial charge in [-0.2, -0.15) is 0 Å². The number of rotatable bonds is 3. The summed E-state index contributed by atoms with van der Waals surface area (Å²) in [5.74, 6) is 5.92. The molecule has 1 rings (SSSR count). The molecule has 0 bridgehead atoms. The summed E-state index contributed by atoms with van der Waals surface area (Å²) >= 11 is 0. The highest BCUT2D eigenvalue weighted by molar-refractivity contribution is 7.91. The van der Waals surface area contributed by atoms with Crippen LogP contribution in [0.4, 0.5) is 0 Å². The van der Waals surface area contributed by atoms with Crippen LogP contribution in [0.5, 0.6) is 0 Å². The van der Waals surface area contributed by atoms with Gasteiger partial charge in [0.05, 0.1) is 17.6 Å². The predicted octanol–water partition coefficient (Wildman–Crippen LogP) is 0.586. The van der Waals surface area contributed by atoms with Crippen LogP contribution in [0.3, 0.4) is 0 Å². The summed E-state index contributed by atoms with van der Waals surface area (Å²) < 4.78 is 22.3. The molecule has 0 amide bonds. The topological polar surface area (TPSA) is 54.4 Å². The van der Waals surface area contributed by atoms with Gasteiger partial charge in [-0.05, 0) is 25.7 Å². The third kappa shape index (κ3) is 3.32. The Bertz CT molecular complexity index is 334. The fraction of sp³-hybridized carbons (Fsp3) is 0.800. The van der Waals surface area contributed by atoms with Gasteiger partial charge in [0.25, 0.3) is 0 Å². The summed E-state index contributed by atoms with van der Waals surface area (Å²) in [4.78, 5) is 0. The highest BCUT2D eigenvalue weighted by Crippen LogP contribution is 2.23. The van der Waals surface area contributed by atoms with Crippen molar-refractivity contribution in [1.29, 1.82) is 0 Å². The van der Waals surface area contributed by atoms with Crippen LogP contribution in [0, 0.1) is 17.8 Å². The van der Waals surface area contributed by atoms with Gasteiger partial charge >= 0.3 is 0 Å². The molecule has 1 heterocycles. The van der Waals surface area contributed by atoms with Crippen molar-refractivity contribution in [1.82, 2.24) is 0 Å². The van der Waals surface area contributed by atoms with Crippen LogP contribution in [-0.4, -0.2) is 31.1 Å². The molecule has 1 aliphatic rings. The van der Waals surface area contributed by atoms with Crippen molar-refractivity contribution < 1.29 is 13.5 Å². The maximum atomic E-state index is 11.1. The monoisotopic (exact) mass is 216 g/mol. The molecule has 4 heteroatoms. The van der Waals surface area contributed by atoms with E-state index in [1.165, 1.54) is 0 Å². The number of hydrogen-bond acceptors (Lipinski definition) is 3. The predicted molar refractivity (Wildman–Crippen MR) is 55.5 cm³/mol. The second kappa shape index (κ2) is 4.81. The average molecular weight is 216 g/mol. The van der Waals surface area contributed by atoms with E-state index in [-0.39, 0.29) is 17.4 Å². The summed E-state index contributed by atoms with van der Waals surface area (Å²) in [6.45, 7) is 1.76. The van der Waals surface area contributed by atoms with Gasteiger partial charge in [0.2, 0.25) is 0 Å². The number of sulfone groups is 1. The average Bonchev–Trinajstić information content (AvgIpc) is 2.46. The van der Waals surface area contributed by atoms with E-state index >= 15 is 0 Å². The van der Waals surface area contributed by atoms with Crippen LogP contribution < -0.4 is 0 Å². The van der Waals surface area contributed by atoms with Crippen LogP contribution in [0.2, 0.25) is 0 Å². The minimum Gasteiger partial charge on any atom is -0.393 e. The van der Waals surface area contributed by atoms with Crippen LogP contribution in [0.25, 0.3) is 0 Å². The van der Waals surface area contributed by atoms with E-state index in [9.17, 15) is 13.5 Å². The lowest BCUT2D eigenvalue weighted by Crippen LogP contribution is -2.21. The van der Waals surface area contributed by atoms with Crippen molar-refractivity contribution in [2.75, 3.05) is 11.5 Å². The second-order valence-corrected chi connectivity index (χ2v) is 5.92. The van der Waals surface area contributed by atoms with Gasteiger partial charge in [0.1, 0.15) is 0 Å². The van der Waals surface area contributed by atoms with Crippen molar-refractivity contribution in [2.24, 2.45) is 5.92 Å². The lowest BCUT2D eigenvalue weighted by Gasteiger charge is -2.14.